The molecule has 0 amide bonds. The van der Waals surface area contributed by atoms with Crippen LogP contribution in [-0.2, 0) is 4.74 Å². The normalized spacial score (nSPS) is 22.7. The van der Waals surface area contributed by atoms with Crippen molar-refractivity contribution < 1.29 is 17.9 Å². The van der Waals surface area contributed by atoms with Crippen molar-refractivity contribution in [1.82, 2.24) is 10.2 Å². The van der Waals surface area contributed by atoms with Crippen LogP contribution in [0.15, 0.2) is 0 Å². The molecule has 0 saturated carbocycles. The molecule has 1 heterocycles. The maximum atomic E-state index is 11.9. The highest BCUT2D eigenvalue weighted by atomic mass is 19.4. The van der Waals surface area contributed by atoms with E-state index < -0.39 is 12.8 Å². The molecule has 1 aliphatic rings. The molecule has 1 unspecified atom stereocenters. The van der Waals surface area contributed by atoms with Crippen molar-refractivity contribution in [3.63, 3.8) is 0 Å². The average molecular weight is 268 g/mol. The molecule has 0 aromatic rings. The van der Waals surface area contributed by atoms with Gasteiger partial charge in [0.25, 0.3) is 0 Å². The first-order valence-corrected chi connectivity index (χ1v) is 6.48. The number of nitrogens with one attached hydrogen (secondary N) is 1. The van der Waals surface area contributed by atoms with Crippen molar-refractivity contribution in [3.05, 3.63) is 0 Å². The first kappa shape index (κ1) is 15.7. The van der Waals surface area contributed by atoms with Gasteiger partial charge in [-0.3, -0.25) is 4.90 Å². The number of piperazine rings is 1. The summed E-state index contributed by atoms with van der Waals surface area (Å²) in [5, 5.41) is 3.32. The zero-order valence-corrected chi connectivity index (χ0v) is 11.1. The molecular formula is C12H23F3N2O. The Labute approximate surface area is 107 Å². The topological polar surface area (TPSA) is 24.5 Å². The third kappa shape index (κ3) is 6.56. The molecule has 0 aromatic heterocycles. The standard InChI is InChI=1S/C12H23F3N2O/c1-10(2)7-11-8-16-3-4-17(11)5-6-18-9-12(13,14)15/h10-11,16H,3-9H2,1-2H3. The largest absolute Gasteiger partial charge is 0.411 e. The lowest BCUT2D eigenvalue weighted by atomic mass is 10.0. The summed E-state index contributed by atoms with van der Waals surface area (Å²) in [6.07, 6.45) is -3.16. The number of ether oxygens (including phenoxy) is 1. The first-order chi connectivity index (χ1) is 8.38. The van der Waals surface area contributed by atoms with E-state index in [-0.39, 0.29) is 6.61 Å². The van der Waals surface area contributed by atoms with Crippen molar-refractivity contribution in [2.24, 2.45) is 5.92 Å². The molecule has 1 N–H and O–H groups in total. The molecule has 1 atom stereocenters. The van der Waals surface area contributed by atoms with Gasteiger partial charge >= 0.3 is 6.18 Å². The summed E-state index contributed by atoms with van der Waals surface area (Å²) in [5.74, 6) is 0.591. The minimum Gasteiger partial charge on any atom is -0.371 e. The Kier molecular flexibility index (Phi) is 6.38. The molecule has 0 bridgehead atoms. The summed E-state index contributed by atoms with van der Waals surface area (Å²) in [5.41, 5.74) is 0. The van der Waals surface area contributed by atoms with Crippen molar-refractivity contribution in [3.8, 4) is 0 Å². The van der Waals surface area contributed by atoms with Gasteiger partial charge < -0.3 is 10.1 Å². The van der Waals surface area contributed by atoms with Gasteiger partial charge in [-0.2, -0.15) is 13.2 Å². The second-order valence-electron chi connectivity index (χ2n) is 5.19. The molecule has 0 radical (unpaired) electrons. The Morgan fingerprint density at radius 3 is 2.72 bits per heavy atom. The van der Waals surface area contributed by atoms with Crippen LogP contribution in [0.3, 0.4) is 0 Å². The molecule has 1 rings (SSSR count). The summed E-state index contributed by atoms with van der Waals surface area (Å²) in [6, 6.07) is 0.410. The highest BCUT2D eigenvalue weighted by Crippen LogP contribution is 2.15. The van der Waals surface area contributed by atoms with Crippen LogP contribution < -0.4 is 5.32 Å². The number of halogens is 3. The highest BCUT2D eigenvalue weighted by Gasteiger charge is 2.28. The van der Waals surface area contributed by atoms with Gasteiger partial charge in [-0.1, -0.05) is 13.8 Å². The van der Waals surface area contributed by atoms with E-state index in [9.17, 15) is 13.2 Å². The Balaban J connectivity index is 2.25. The van der Waals surface area contributed by atoms with Crippen LogP contribution in [-0.4, -0.2) is 56.5 Å². The van der Waals surface area contributed by atoms with E-state index in [0.717, 1.165) is 26.1 Å². The highest BCUT2D eigenvalue weighted by molar-refractivity contribution is 4.80. The van der Waals surface area contributed by atoms with Crippen LogP contribution in [0.25, 0.3) is 0 Å². The minimum absolute atomic E-state index is 0.147. The fourth-order valence-corrected chi connectivity index (χ4v) is 2.24. The van der Waals surface area contributed by atoms with Gasteiger partial charge in [0.1, 0.15) is 6.61 Å². The number of alkyl halides is 3. The summed E-state index contributed by atoms with van der Waals surface area (Å²) >= 11 is 0. The number of nitrogens with zero attached hydrogens (tertiary/aromatic N) is 1. The summed E-state index contributed by atoms with van der Waals surface area (Å²) < 4.78 is 40.4. The predicted molar refractivity (Wildman–Crippen MR) is 64.6 cm³/mol. The predicted octanol–water partition coefficient (Wildman–Crippen LogP) is 1.89. The molecule has 18 heavy (non-hydrogen) atoms. The van der Waals surface area contributed by atoms with E-state index in [4.69, 9.17) is 0 Å². The van der Waals surface area contributed by atoms with Crippen molar-refractivity contribution in [2.45, 2.75) is 32.5 Å². The molecule has 0 aromatic carbocycles. The first-order valence-electron chi connectivity index (χ1n) is 6.48. The molecule has 0 spiro atoms. The van der Waals surface area contributed by atoms with Crippen LogP contribution in [0, 0.1) is 5.92 Å². The Hall–Kier alpha value is -0.330. The molecule has 3 nitrogen and oxygen atoms in total. The second kappa shape index (κ2) is 7.31. The van der Waals surface area contributed by atoms with Crippen molar-refractivity contribution >= 4 is 0 Å². The zero-order valence-electron chi connectivity index (χ0n) is 11.1. The van der Waals surface area contributed by atoms with E-state index >= 15 is 0 Å². The maximum Gasteiger partial charge on any atom is 0.411 e. The quantitative estimate of drug-likeness (QED) is 0.744. The van der Waals surface area contributed by atoms with Crippen molar-refractivity contribution in [2.75, 3.05) is 39.4 Å². The van der Waals surface area contributed by atoms with Gasteiger partial charge in [-0.15, -0.1) is 0 Å². The molecular weight excluding hydrogens is 245 g/mol. The summed E-state index contributed by atoms with van der Waals surface area (Å²) in [4.78, 5) is 2.23. The SMILES string of the molecule is CC(C)CC1CNCCN1CCOCC(F)(F)F. The second-order valence-corrected chi connectivity index (χ2v) is 5.19. The average Bonchev–Trinajstić information content (AvgIpc) is 2.24. The van der Waals surface area contributed by atoms with Crippen LogP contribution in [0.5, 0.6) is 0 Å². The van der Waals surface area contributed by atoms with E-state index in [2.05, 4.69) is 28.8 Å². The molecule has 1 fully saturated rings. The van der Waals surface area contributed by atoms with Crippen LogP contribution in [0.2, 0.25) is 0 Å². The van der Waals surface area contributed by atoms with Crippen LogP contribution in [0.4, 0.5) is 13.2 Å². The molecule has 0 aliphatic carbocycles. The monoisotopic (exact) mass is 268 g/mol. The van der Waals surface area contributed by atoms with Crippen LogP contribution >= 0.6 is 0 Å². The third-order valence-electron chi connectivity index (χ3n) is 3.00. The van der Waals surface area contributed by atoms with E-state index in [0.29, 0.717) is 18.5 Å². The fourth-order valence-electron chi connectivity index (χ4n) is 2.24. The summed E-state index contributed by atoms with van der Waals surface area (Å²) in [7, 11) is 0. The lowest BCUT2D eigenvalue weighted by Gasteiger charge is -2.37. The van der Waals surface area contributed by atoms with Gasteiger partial charge in [-0.05, 0) is 12.3 Å². The lowest BCUT2D eigenvalue weighted by molar-refractivity contribution is -0.175. The lowest BCUT2D eigenvalue weighted by Crippen LogP contribution is -2.52. The zero-order chi connectivity index (χ0) is 13.6. The number of hydrogen-bond acceptors (Lipinski definition) is 3. The Morgan fingerprint density at radius 2 is 2.11 bits per heavy atom. The molecule has 6 heteroatoms. The van der Waals surface area contributed by atoms with Gasteiger partial charge in [0, 0.05) is 32.2 Å². The maximum absolute atomic E-state index is 11.9. The van der Waals surface area contributed by atoms with Gasteiger partial charge in [0.05, 0.1) is 6.61 Å². The van der Waals surface area contributed by atoms with E-state index in [1.807, 2.05) is 0 Å². The van der Waals surface area contributed by atoms with Gasteiger partial charge in [0.15, 0.2) is 0 Å². The van der Waals surface area contributed by atoms with Crippen molar-refractivity contribution in [1.29, 1.82) is 0 Å². The fraction of sp³-hybridized carbons (Fsp3) is 1.00. The van der Waals surface area contributed by atoms with Crippen LogP contribution in [0.1, 0.15) is 20.3 Å². The number of rotatable bonds is 6. The molecule has 1 aliphatic heterocycles. The third-order valence-corrected chi connectivity index (χ3v) is 3.00. The van der Waals surface area contributed by atoms with Gasteiger partial charge in [0.2, 0.25) is 0 Å². The minimum atomic E-state index is -4.22. The van der Waals surface area contributed by atoms with E-state index in [1.54, 1.807) is 0 Å². The molecule has 108 valence electrons. The smallest absolute Gasteiger partial charge is 0.371 e. The summed E-state index contributed by atoms with van der Waals surface area (Å²) in [6.45, 7) is 6.59. The Morgan fingerprint density at radius 1 is 1.39 bits per heavy atom. The Bertz CT molecular complexity index is 234. The van der Waals surface area contributed by atoms with E-state index in [1.165, 1.54) is 0 Å². The van der Waals surface area contributed by atoms with Gasteiger partial charge in [-0.25, -0.2) is 0 Å². The molecule has 1 saturated heterocycles. The number of hydrogen-bond donors (Lipinski definition) is 1.